The number of guanidine groups is 1. The van der Waals surface area contributed by atoms with Crippen LogP contribution in [0.4, 0.5) is 5.69 Å². The molecule has 0 saturated carbocycles. The Kier molecular flexibility index (Phi) is 3.10. The van der Waals surface area contributed by atoms with Gasteiger partial charge in [-0.2, -0.15) is 0 Å². The van der Waals surface area contributed by atoms with Crippen LogP contribution in [0.3, 0.4) is 0 Å². The molecule has 1 aliphatic rings. The van der Waals surface area contributed by atoms with E-state index in [1.54, 1.807) is 0 Å². The summed E-state index contributed by atoms with van der Waals surface area (Å²) in [6, 6.07) is 8.15. The van der Waals surface area contributed by atoms with Crippen LogP contribution in [-0.2, 0) is 6.42 Å². The van der Waals surface area contributed by atoms with Crippen LogP contribution in [0.15, 0.2) is 41.5 Å². The molecular weight excluding hydrogens is 200 g/mol. The van der Waals surface area contributed by atoms with E-state index in [0.29, 0.717) is 12.2 Å². The Bertz CT molecular complexity index is 423. The van der Waals surface area contributed by atoms with E-state index in [1.807, 2.05) is 18.2 Å². The third kappa shape index (κ3) is 2.53. The molecule has 0 radical (unpaired) electrons. The van der Waals surface area contributed by atoms with Crippen molar-refractivity contribution in [2.24, 2.45) is 10.7 Å². The quantitative estimate of drug-likeness (QED) is 0.687. The highest BCUT2D eigenvalue weighted by Gasteiger charge is 2.07. The van der Waals surface area contributed by atoms with E-state index in [4.69, 9.17) is 5.73 Å². The van der Waals surface area contributed by atoms with E-state index in [9.17, 15) is 0 Å². The molecular formula is C12H16N4. The van der Waals surface area contributed by atoms with Crippen LogP contribution in [0.5, 0.6) is 0 Å². The van der Waals surface area contributed by atoms with Crippen LogP contribution in [0, 0.1) is 0 Å². The zero-order valence-electron chi connectivity index (χ0n) is 9.16. The Morgan fingerprint density at radius 3 is 3.12 bits per heavy atom. The number of hydrogen-bond donors (Lipinski definition) is 3. The highest BCUT2D eigenvalue weighted by molar-refractivity contribution is 5.83. The van der Waals surface area contributed by atoms with Crippen molar-refractivity contribution >= 4 is 11.6 Å². The van der Waals surface area contributed by atoms with Crippen molar-refractivity contribution in [1.82, 2.24) is 10.6 Å². The lowest BCUT2D eigenvalue weighted by atomic mass is 10.1. The van der Waals surface area contributed by atoms with Gasteiger partial charge in [-0.05, 0) is 18.1 Å². The van der Waals surface area contributed by atoms with Crippen molar-refractivity contribution in [2.45, 2.75) is 6.42 Å². The Labute approximate surface area is 95.3 Å². The normalized spacial score (nSPS) is 14.1. The van der Waals surface area contributed by atoms with Gasteiger partial charge in [-0.1, -0.05) is 24.8 Å². The Morgan fingerprint density at radius 2 is 2.31 bits per heavy atom. The molecule has 2 rings (SSSR count). The number of nitrogens with zero attached hydrogens (tertiary/aromatic N) is 1. The fourth-order valence-corrected chi connectivity index (χ4v) is 1.61. The number of nitrogens with two attached hydrogens (primary N) is 1. The smallest absolute Gasteiger partial charge is 0.196 e. The van der Waals surface area contributed by atoms with Gasteiger partial charge in [0.1, 0.15) is 0 Å². The second-order valence-electron chi connectivity index (χ2n) is 3.78. The summed E-state index contributed by atoms with van der Waals surface area (Å²) in [4.78, 5) is 4.51. The number of benzene rings is 1. The molecule has 1 aromatic rings. The van der Waals surface area contributed by atoms with Crippen LogP contribution in [-0.4, -0.2) is 19.0 Å². The predicted molar refractivity (Wildman–Crippen MR) is 66.6 cm³/mol. The van der Waals surface area contributed by atoms with E-state index < -0.39 is 0 Å². The van der Waals surface area contributed by atoms with Gasteiger partial charge in [-0.15, -0.1) is 0 Å². The lowest BCUT2D eigenvalue weighted by Gasteiger charge is -2.09. The molecule has 84 valence electrons. The highest BCUT2D eigenvalue weighted by Crippen LogP contribution is 2.20. The number of para-hydroxylation sites is 1. The summed E-state index contributed by atoms with van der Waals surface area (Å²) in [7, 11) is 0. The number of nitrogens with one attached hydrogen (secondary N) is 2. The molecule has 0 saturated heterocycles. The Morgan fingerprint density at radius 1 is 1.50 bits per heavy atom. The van der Waals surface area contributed by atoms with Crippen molar-refractivity contribution in [2.75, 3.05) is 13.1 Å². The first-order valence-electron chi connectivity index (χ1n) is 5.33. The molecule has 0 spiro atoms. The molecule has 4 nitrogen and oxygen atoms in total. The first-order valence-corrected chi connectivity index (χ1v) is 5.33. The van der Waals surface area contributed by atoms with Crippen LogP contribution in [0.2, 0.25) is 0 Å². The van der Waals surface area contributed by atoms with Crippen molar-refractivity contribution in [3.63, 3.8) is 0 Å². The van der Waals surface area contributed by atoms with E-state index in [2.05, 4.69) is 28.3 Å². The first kappa shape index (κ1) is 10.5. The SMILES string of the molecule is C=C(N)CNC1=Nc2ccccc2CCN1. The molecule has 1 heterocycles. The summed E-state index contributed by atoms with van der Waals surface area (Å²) in [6.45, 7) is 5.05. The maximum Gasteiger partial charge on any atom is 0.196 e. The minimum Gasteiger partial charge on any atom is -0.401 e. The molecule has 0 atom stereocenters. The summed E-state index contributed by atoms with van der Waals surface area (Å²) in [6.07, 6.45) is 0.981. The molecule has 0 unspecified atom stereocenters. The van der Waals surface area contributed by atoms with Crippen molar-refractivity contribution in [1.29, 1.82) is 0 Å². The molecule has 0 aliphatic carbocycles. The largest absolute Gasteiger partial charge is 0.401 e. The molecule has 0 fully saturated rings. The number of hydrogen-bond acceptors (Lipinski definition) is 4. The highest BCUT2D eigenvalue weighted by atomic mass is 15.2. The van der Waals surface area contributed by atoms with Crippen LogP contribution in [0.25, 0.3) is 0 Å². The molecule has 16 heavy (non-hydrogen) atoms. The summed E-state index contributed by atoms with van der Waals surface area (Å²) < 4.78 is 0. The van der Waals surface area contributed by atoms with Gasteiger partial charge < -0.3 is 16.4 Å². The summed E-state index contributed by atoms with van der Waals surface area (Å²) in [5, 5.41) is 6.34. The second kappa shape index (κ2) is 4.70. The van der Waals surface area contributed by atoms with Gasteiger partial charge in [0, 0.05) is 12.2 Å². The number of fused-ring (bicyclic) bond motifs is 1. The number of rotatable bonds is 2. The number of aliphatic imine (C=N–C) groups is 1. The lowest BCUT2D eigenvalue weighted by molar-refractivity contribution is 0.830. The van der Waals surface area contributed by atoms with Crippen molar-refractivity contribution < 1.29 is 0 Å². The van der Waals surface area contributed by atoms with Gasteiger partial charge in [0.05, 0.1) is 12.2 Å². The monoisotopic (exact) mass is 216 g/mol. The van der Waals surface area contributed by atoms with E-state index in [-0.39, 0.29) is 0 Å². The van der Waals surface area contributed by atoms with Gasteiger partial charge in [0.2, 0.25) is 0 Å². The maximum atomic E-state index is 5.50. The molecule has 0 aromatic heterocycles. The van der Waals surface area contributed by atoms with Crippen LogP contribution < -0.4 is 16.4 Å². The predicted octanol–water partition coefficient (Wildman–Crippen LogP) is 0.882. The molecule has 4 N–H and O–H groups in total. The third-order valence-corrected chi connectivity index (χ3v) is 2.39. The molecule has 1 aliphatic heterocycles. The third-order valence-electron chi connectivity index (χ3n) is 2.39. The maximum absolute atomic E-state index is 5.50. The zero-order valence-corrected chi connectivity index (χ0v) is 9.16. The first-order chi connectivity index (χ1) is 7.75. The van der Waals surface area contributed by atoms with Crippen LogP contribution in [0.1, 0.15) is 5.56 Å². The van der Waals surface area contributed by atoms with Gasteiger partial charge in [0.25, 0.3) is 0 Å². The second-order valence-corrected chi connectivity index (χ2v) is 3.78. The van der Waals surface area contributed by atoms with Gasteiger partial charge in [-0.3, -0.25) is 0 Å². The fraction of sp³-hybridized carbons (Fsp3) is 0.250. The fourth-order valence-electron chi connectivity index (χ4n) is 1.61. The average Bonchev–Trinajstić information content (AvgIpc) is 2.47. The Hall–Kier alpha value is -1.97. The molecule has 1 aromatic carbocycles. The van der Waals surface area contributed by atoms with Crippen molar-refractivity contribution in [3.05, 3.63) is 42.1 Å². The van der Waals surface area contributed by atoms with E-state index >= 15 is 0 Å². The Balaban J connectivity index is 2.16. The van der Waals surface area contributed by atoms with Gasteiger partial charge in [-0.25, -0.2) is 4.99 Å². The minimum atomic E-state index is 0.536. The topological polar surface area (TPSA) is 62.4 Å². The summed E-state index contributed by atoms with van der Waals surface area (Å²) >= 11 is 0. The van der Waals surface area contributed by atoms with E-state index in [0.717, 1.165) is 24.6 Å². The average molecular weight is 216 g/mol. The van der Waals surface area contributed by atoms with E-state index in [1.165, 1.54) is 5.56 Å². The lowest BCUT2D eigenvalue weighted by Crippen LogP contribution is -2.39. The summed E-state index contributed by atoms with van der Waals surface area (Å²) in [5.74, 6) is 0.761. The minimum absolute atomic E-state index is 0.536. The molecule has 0 bridgehead atoms. The van der Waals surface area contributed by atoms with Gasteiger partial charge >= 0.3 is 0 Å². The van der Waals surface area contributed by atoms with Crippen molar-refractivity contribution in [3.8, 4) is 0 Å². The molecule has 4 heteroatoms. The molecule has 0 amide bonds. The zero-order chi connectivity index (χ0) is 11.4. The standard InChI is InChI=1S/C12H16N4/c1-9(13)8-15-12-14-7-6-10-4-2-3-5-11(10)16-12/h2-5H,1,6-8,13H2,(H2,14,15,16). The van der Waals surface area contributed by atoms with Crippen LogP contribution >= 0.6 is 0 Å². The van der Waals surface area contributed by atoms with Gasteiger partial charge in [0.15, 0.2) is 5.96 Å². The summed E-state index contributed by atoms with van der Waals surface area (Å²) in [5.41, 5.74) is 8.38.